The molecule has 0 aromatic heterocycles. The third-order valence-corrected chi connectivity index (χ3v) is 4.02. The molecule has 0 radical (unpaired) electrons. The van der Waals surface area contributed by atoms with Gasteiger partial charge in [-0.05, 0) is 49.5 Å². The average molecular weight is 437 g/mol. The molecule has 2 aromatic carbocycles. The fourth-order valence-corrected chi connectivity index (χ4v) is 2.68. The lowest BCUT2D eigenvalue weighted by Gasteiger charge is -2.18. The van der Waals surface area contributed by atoms with Crippen molar-refractivity contribution in [2.75, 3.05) is 5.32 Å². The summed E-state index contributed by atoms with van der Waals surface area (Å²) < 4.78 is 44.4. The molecule has 0 aliphatic rings. The number of para-hydroxylation sites is 1. The zero-order valence-electron chi connectivity index (χ0n) is 13.7. The van der Waals surface area contributed by atoms with Gasteiger partial charge in [-0.1, -0.05) is 35.3 Å². The van der Waals surface area contributed by atoms with Gasteiger partial charge in [0.1, 0.15) is 5.75 Å². The van der Waals surface area contributed by atoms with Crippen molar-refractivity contribution in [2.45, 2.75) is 19.2 Å². The average Bonchev–Trinajstić information content (AvgIpc) is 2.56. The molecule has 1 amide bonds. The van der Waals surface area contributed by atoms with Gasteiger partial charge >= 0.3 is 6.18 Å². The van der Waals surface area contributed by atoms with E-state index in [0.29, 0.717) is 5.02 Å². The minimum atomic E-state index is -4.56. The third-order valence-electron chi connectivity index (χ3n) is 3.28. The van der Waals surface area contributed by atoms with Crippen molar-refractivity contribution in [2.24, 2.45) is 0 Å². The number of thiocarbonyl (C=S) groups is 1. The Kier molecular flexibility index (Phi) is 6.91. The van der Waals surface area contributed by atoms with E-state index >= 15 is 0 Å². The van der Waals surface area contributed by atoms with Crippen LogP contribution in [0, 0.1) is 0 Å². The molecule has 2 N–H and O–H groups in total. The summed E-state index contributed by atoms with van der Waals surface area (Å²) in [5.41, 5.74) is -1.18. The van der Waals surface area contributed by atoms with Crippen LogP contribution in [-0.2, 0) is 11.0 Å². The Balaban J connectivity index is 2.00. The van der Waals surface area contributed by atoms with E-state index < -0.39 is 23.8 Å². The van der Waals surface area contributed by atoms with E-state index in [4.69, 9.17) is 40.2 Å². The van der Waals surface area contributed by atoms with Crippen molar-refractivity contribution in [3.8, 4) is 5.75 Å². The molecular formula is C17H13Cl2F3N2O2S. The van der Waals surface area contributed by atoms with E-state index in [1.165, 1.54) is 43.3 Å². The van der Waals surface area contributed by atoms with Gasteiger partial charge in [0.25, 0.3) is 5.91 Å². The smallest absolute Gasteiger partial charge is 0.418 e. The summed E-state index contributed by atoms with van der Waals surface area (Å²) in [4.78, 5) is 12.2. The zero-order valence-corrected chi connectivity index (χ0v) is 16.1. The minimum absolute atomic E-state index is 0.210. The molecule has 2 rings (SSSR count). The minimum Gasteiger partial charge on any atom is -0.479 e. The van der Waals surface area contributed by atoms with Gasteiger partial charge in [0.05, 0.1) is 16.3 Å². The van der Waals surface area contributed by atoms with Crippen LogP contribution >= 0.6 is 35.4 Å². The number of halogens is 5. The second kappa shape index (κ2) is 8.77. The normalized spacial score (nSPS) is 12.2. The highest BCUT2D eigenvalue weighted by Crippen LogP contribution is 2.34. The summed E-state index contributed by atoms with van der Waals surface area (Å²) in [5, 5.41) is 4.96. The van der Waals surface area contributed by atoms with Crippen LogP contribution in [0.3, 0.4) is 0 Å². The lowest BCUT2D eigenvalue weighted by molar-refractivity contribution is -0.136. The SMILES string of the molecule is CC(Oc1ccc(Cl)cc1Cl)C(=O)NC(=S)Nc1ccccc1C(F)(F)F. The van der Waals surface area contributed by atoms with Gasteiger partial charge in [0.2, 0.25) is 0 Å². The number of alkyl halides is 3. The predicted molar refractivity (Wildman–Crippen MR) is 102 cm³/mol. The monoisotopic (exact) mass is 436 g/mol. The first-order chi connectivity index (χ1) is 12.6. The molecule has 2 aromatic rings. The van der Waals surface area contributed by atoms with Crippen molar-refractivity contribution in [3.63, 3.8) is 0 Å². The van der Waals surface area contributed by atoms with Crippen molar-refractivity contribution >= 4 is 52.1 Å². The number of carbonyl (C=O) groups excluding carboxylic acids is 1. The number of amides is 1. The highest BCUT2D eigenvalue weighted by molar-refractivity contribution is 7.80. The molecular weight excluding hydrogens is 424 g/mol. The number of rotatable bonds is 4. The Labute approximate surface area is 168 Å². The second-order valence-electron chi connectivity index (χ2n) is 5.32. The van der Waals surface area contributed by atoms with E-state index in [9.17, 15) is 18.0 Å². The summed E-state index contributed by atoms with van der Waals surface area (Å²) in [5.74, 6) is -0.437. The molecule has 0 bridgehead atoms. The number of benzene rings is 2. The molecule has 0 aliphatic carbocycles. The largest absolute Gasteiger partial charge is 0.479 e. The Morgan fingerprint density at radius 3 is 2.48 bits per heavy atom. The number of hydrogen-bond acceptors (Lipinski definition) is 3. The number of anilines is 1. The topological polar surface area (TPSA) is 50.4 Å². The van der Waals surface area contributed by atoms with Crippen LogP contribution in [0.2, 0.25) is 10.0 Å². The van der Waals surface area contributed by atoms with Gasteiger partial charge in [-0.25, -0.2) is 0 Å². The molecule has 0 aliphatic heterocycles. The second-order valence-corrected chi connectivity index (χ2v) is 6.57. The molecule has 0 spiro atoms. The number of hydrogen-bond donors (Lipinski definition) is 2. The van der Waals surface area contributed by atoms with E-state index in [0.717, 1.165) is 6.07 Å². The maximum Gasteiger partial charge on any atom is 0.418 e. The van der Waals surface area contributed by atoms with E-state index in [1.54, 1.807) is 0 Å². The highest BCUT2D eigenvalue weighted by Gasteiger charge is 2.33. The molecule has 0 heterocycles. The van der Waals surface area contributed by atoms with Crippen LogP contribution in [0.4, 0.5) is 18.9 Å². The van der Waals surface area contributed by atoms with E-state index in [-0.39, 0.29) is 21.6 Å². The van der Waals surface area contributed by atoms with Gasteiger partial charge in [0, 0.05) is 5.02 Å². The Hall–Kier alpha value is -2.03. The van der Waals surface area contributed by atoms with Crippen LogP contribution in [0.5, 0.6) is 5.75 Å². The zero-order chi connectivity index (χ0) is 20.2. The van der Waals surface area contributed by atoms with E-state index in [1.807, 2.05) is 0 Å². The van der Waals surface area contributed by atoms with Gasteiger partial charge in [0.15, 0.2) is 11.2 Å². The fraction of sp³-hybridized carbons (Fsp3) is 0.176. The number of ether oxygens (including phenoxy) is 1. The van der Waals surface area contributed by atoms with Gasteiger partial charge in [-0.2, -0.15) is 13.2 Å². The third kappa shape index (κ3) is 5.98. The Bertz CT molecular complexity index is 862. The number of nitrogens with one attached hydrogen (secondary N) is 2. The van der Waals surface area contributed by atoms with Crippen LogP contribution < -0.4 is 15.4 Å². The first-order valence-electron chi connectivity index (χ1n) is 7.47. The van der Waals surface area contributed by atoms with Crippen molar-refractivity contribution < 1.29 is 22.7 Å². The van der Waals surface area contributed by atoms with Gasteiger partial charge < -0.3 is 10.1 Å². The Morgan fingerprint density at radius 2 is 1.85 bits per heavy atom. The quantitative estimate of drug-likeness (QED) is 0.639. The summed E-state index contributed by atoms with van der Waals surface area (Å²) >= 11 is 16.7. The van der Waals surface area contributed by atoms with Crippen molar-refractivity contribution in [1.29, 1.82) is 0 Å². The number of carbonyl (C=O) groups is 1. The molecule has 4 nitrogen and oxygen atoms in total. The molecule has 0 saturated heterocycles. The lowest BCUT2D eigenvalue weighted by Crippen LogP contribution is -2.42. The summed E-state index contributed by atoms with van der Waals surface area (Å²) in [6.45, 7) is 1.44. The summed E-state index contributed by atoms with van der Waals surface area (Å²) in [6.07, 6.45) is -5.58. The molecule has 0 fully saturated rings. The summed E-state index contributed by atoms with van der Waals surface area (Å²) in [6, 6.07) is 9.25. The van der Waals surface area contributed by atoms with Crippen molar-refractivity contribution in [1.82, 2.24) is 5.32 Å². The van der Waals surface area contributed by atoms with Gasteiger partial charge in [-0.3, -0.25) is 10.1 Å². The van der Waals surface area contributed by atoms with Gasteiger partial charge in [-0.15, -0.1) is 0 Å². The van der Waals surface area contributed by atoms with Crippen LogP contribution in [0.25, 0.3) is 0 Å². The lowest BCUT2D eigenvalue weighted by atomic mass is 10.1. The molecule has 1 unspecified atom stereocenters. The highest BCUT2D eigenvalue weighted by atomic mass is 35.5. The first-order valence-corrected chi connectivity index (χ1v) is 8.64. The molecule has 0 saturated carbocycles. The van der Waals surface area contributed by atoms with Crippen LogP contribution in [-0.4, -0.2) is 17.1 Å². The molecule has 144 valence electrons. The van der Waals surface area contributed by atoms with Crippen LogP contribution in [0.15, 0.2) is 42.5 Å². The Morgan fingerprint density at radius 1 is 1.19 bits per heavy atom. The predicted octanol–water partition coefficient (Wildman–Crippen LogP) is 5.29. The van der Waals surface area contributed by atoms with Crippen LogP contribution in [0.1, 0.15) is 12.5 Å². The summed E-state index contributed by atoms with van der Waals surface area (Å²) in [7, 11) is 0. The fourth-order valence-electron chi connectivity index (χ4n) is 2.02. The standard InChI is InChI=1S/C17H13Cl2F3N2O2S/c1-9(26-14-7-6-10(18)8-12(14)19)15(25)24-16(27)23-13-5-3-2-4-11(13)17(20,21)22/h2-9H,1H3,(H2,23,24,25,27). The maximum atomic E-state index is 13.0. The maximum absolute atomic E-state index is 13.0. The van der Waals surface area contributed by atoms with E-state index in [2.05, 4.69) is 10.6 Å². The molecule has 1 atom stereocenters. The molecule has 27 heavy (non-hydrogen) atoms. The van der Waals surface area contributed by atoms with Crippen molar-refractivity contribution in [3.05, 3.63) is 58.1 Å². The first kappa shape index (κ1) is 21.3. The molecule has 10 heteroatoms.